The second-order valence-corrected chi connectivity index (χ2v) is 7.98. The Morgan fingerprint density at radius 1 is 1.07 bits per heavy atom. The van der Waals surface area contributed by atoms with E-state index < -0.39 is 0 Å². The van der Waals surface area contributed by atoms with Gasteiger partial charge in [-0.05, 0) is 43.9 Å². The average molecular weight is 386 g/mol. The number of benzene rings is 2. The molecule has 0 aliphatic heterocycles. The lowest BCUT2D eigenvalue weighted by Crippen LogP contribution is -2.47. The first kappa shape index (κ1) is 19.8. The normalized spacial score (nSPS) is 22.2. The van der Waals surface area contributed by atoms with Crippen LogP contribution in [0.1, 0.15) is 31.7 Å². The molecule has 0 bridgehead atoms. The molecule has 3 rings (SSSR count). The summed E-state index contributed by atoms with van der Waals surface area (Å²) in [6.07, 6.45) is 2.60. The van der Waals surface area contributed by atoms with E-state index in [1.807, 2.05) is 55.1 Å². The third kappa shape index (κ3) is 6.29. The first-order valence-corrected chi connectivity index (χ1v) is 10.4. The summed E-state index contributed by atoms with van der Waals surface area (Å²) in [6, 6.07) is 20.6. The number of thioether (sulfide) groups is 1. The van der Waals surface area contributed by atoms with Crippen LogP contribution in [0.5, 0.6) is 0 Å². The number of ether oxygens (including phenoxy) is 2. The summed E-state index contributed by atoms with van der Waals surface area (Å²) in [5.41, 5.74) is 1.17. The molecule has 2 aromatic rings. The summed E-state index contributed by atoms with van der Waals surface area (Å²) >= 11 is 1.82. The van der Waals surface area contributed by atoms with Gasteiger partial charge in [-0.2, -0.15) is 0 Å². The van der Waals surface area contributed by atoms with Gasteiger partial charge < -0.3 is 14.8 Å². The molecular weight excluding hydrogens is 358 g/mol. The minimum Gasteiger partial charge on any atom is -0.450 e. The Hall–Kier alpha value is -1.98. The van der Waals surface area contributed by atoms with Crippen molar-refractivity contribution in [3.8, 4) is 0 Å². The van der Waals surface area contributed by atoms with Crippen molar-refractivity contribution in [3.63, 3.8) is 0 Å². The monoisotopic (exact) mass is 385 g/mol. The Kier molecular flexibility index (Phi) is 7.60. The van der Waals surface area contributed by atoms with Crippen LogP contribution < -0.4 is 5.32 Å². The molecule has 0 radical (unpaired) electrons. The van der Waals surface area contributed by atoms with E-state index in [9.17, 15) is 4.79 Å². The molecule has 1 N–H and O–H groups in total. The van der Waals surface area contributed by atoms with E-state index in [0.717, 1.165) is 19.3 Å². The average Bonchev–Trinajstić information content (AvgIpc) is 2.70. The lowest BCUT2D eigenvalue weighted by Gasteiger charge is -2.36. The number of hydrogen-bond acceptors (Lipinski definition) is 4. The quantitative estimate of drug-likeness (QED) is 0.726. The van der Waals surface area contributed by atoms with Crippen LogP contribution in [0.3, 0.4) is 0 Å². The number of amides is 1. The molecule has 27 heavy (non-hydrogen) atoms. The maximum atomic E-state index is 12.0. The molecule has 0 heterocycles. The van der Waals surface area contributed by atoms with Gasteiger partial charge in [0.2, 0.25) is 0 Å². The molecule has 1 aliphatic rings. The summed E-state index contributed by atoms with van der Waals surface area (Å²) in [5.74, 6) is 0. The summed E-state index contributed by atoms with van der Waals surface area (Å²) in [7, 11) is 0. The largest absolute Gasteiger partial charge is 0.450 e. The Morgan fingerprint density at radius 3 is 2.48 bits per heavy atom. The van der Waals surface area contributed by atoms with Gasteiger partial charge in [0.15, 0.2) is 0 Å². The fourth-order valence-corrected chi connectivity index (χ4v) is 4.60. The minimum absolute atomic E-state index is 0.0313. The van der Waals surface area contributed by atoms with Crippen molar-refractivity contribution in [2.24, 2.45) is 0 Å². The molecule has 0 unspecified atom stereocenters. The smallest absolute Gasteiger partial charge is 0.407 e. The molecule has 1 aliphatic carbocycles. The Morgan fingerprint density at radius 2 is 1.78 bits per heavy atom. The van der Waals surface area contributed by atoms with Crippen LogP contribution in [0, 0.1) is 0 Å². The molecule has 2 aromatic carbocycles. The zero-order valence-corrected chi connectivity index (χ0v) is 16.5. The zero-order chi connectivity index (χ0) is 18.9. The Labute approximate surface area is 165 Å². The number of carbonyl (C=O) groups is 1. The van der Waals surface area contributed by atoms with E-state index in [1.165, 1.54) is 10.5 Å². The lowest BCUT2D eigenvalue weighted by molar-refractivity contribution is 0.00972. The molecule has 1 amide bonds. The molecule has 0 aromatic heterocycles. The van der Waals surface area contributed by atoms with Gasteiger partial charge in [0.1, 0.15) is 0 Å². The first-order valence-electron chi connectivity index (χ1n) is 9.55. The second-order valence-electron chi connectivity index (χ2n) is 6.67. The van der Waals surface area contributed by atoms with Gasteiger partial charge in [-0.25, -0.2) is 4.79 Å². The predicted octanol–water partition coefficient (Wildman–Crippen LogP) is 5.03. The van der Waals surface area contributed by atoms with Gasteiger partial charge in [0, 0.05) is 16.2 Å². The van der Waals surface area contributed by atoms with E-state index in [4.69, 9.17) is 9.47 Å². The van der Waals surface area contributed by atoms with E-state index in [-0.39, 0.29) is 18.2 Å². The number of alkyl carbamates (subject to hydrolysis) is 1. The number of hydrogen-bond donors (Lipinski definition) is 1. The minimum atomic E-state index is -0.343. The number of rotatable bonds is 7. The highest BCUT2D eigenvalue weighted by molar-refractivity contribution is 8.00. The van der Waals surface area contributed by atoms with Crippen molar-refractivity contribution in [3.05, 3.63) is 66.2 Å². The van der Waals surface area contributed by atoms with Gasteiger partial charge in [-0.3, -0.25) is 0 Å². The van der Waals surface area contributed by atoms with Crippen molar-refractivity contribution in [1.82, 2.24) is 5.32 Å². The molecule has 1 fully saturated rings. The highest BCUT2D eigenvalue weighted by atomic mass is 32.2. The third-order valence-corrected chi connectivity index (χ3v) is 6.09. The molecule has 5 heteroatoms. The van der Waals surface area contributed by atoms with E-state index >= 15 is 0 Å². The number of nitrogens with one attached hydrogen (secondary N) is 1. The molecular formula is C22H27NO3S. The van der Waals surface area contributed by atoms with Gasteiger partial charge in [0.05, 0.1) is 19.3 Å². The van der Waals surface area contributed by atoms with Crippen molar-refractivity contribution in [2.45, 2.75) is 55.1 Å². The Bertz CT molecular complexity index is 695. The maximum Gasteiger partial charge on any atom is 0.407 e. The zero-order valence-electron chi connectivity index (χ0n) is 15.7. The number of carbonyl (C=O) groups excluding carboxylic acids is 1. The summed E-state index contributed by atoms with van der Waals surface area (Å²) in [6.45, 7) is 2.81. The summed E-state index contributed by atoms with van der Waals surface area (Å²) in [4.78, 5) is 13.2. The highest BCUT2D eigenvalue weighted by Crippen LogP contribution is 2.35. The molecule has 4 nitrogen and oxygen atoms in total. The fourth-order valence-electron chi connectivity index (χ4n) is 3.33. The predicted molar refractivity (Wildman–Crippen MR) is 109 cm³/mol. The van der Waals surface area contributed by atoms with E-state index in [0.29, 0.717) is 18.5 Å². The van der Waals surface area contributed by atoms with Gasteiger partial charge >= 0.3 is 6.09 Å². The van der Waals surface area contributed by atoms with Crippen molar-refractivity contribution >= 4 is 17.9 Å². The second kappa shape index (κ2) is 10.4. The van der Waals surface area contributed by atoms with Crippen LogP contribution in [-0.2, 0) is 16.1 Å². The van der Waals surface area contributed by atoms with Crippen LogP contribution in [0.4, 0.5) is 4.79 Å². The van der Waals surface area contributed by atoms with Crippen LogP contribution in [0.15, 0.2) is 65.6 Å². The van der Waals surface area contributed by atoms with E-state index in [2.05, 4.69) is 29.6 Å². The summed E-state index contributed by atoms with van der Waals surface area (Å²) in [5, 5.41) is 3.37. The van der Waals surface area contributed by atoms with Crippen molar-refractivity contribution in [1.29, 1.82) is 0 Å². The van der Waals surface area contributed by atoms with Crippen molar-refractivity contribution in [2.75, 3.05) is 6.61 Å². The first-order chi connectivity index (χ1) is 13.2. The van der Waals surface area contributed by atoms with Gasteiger partial charge in [0.25, 0.3) is 0 Å². The molecule has 0 spiro atoms. The van der Waals surface area contributed by atoms with Crippen LogP contribution in [-0.4, -0.2) is 30.1 Å². The third-order valence-electron chi connectivity index (χ3n) is 4.68. The lowest BCUT2D eigenvalue weighted by atomic mass is 9.92. The molecule has 144 valence electrons. The SMILES string of the molecule is CCOC(=O)N[C@H]1C[C@@H](OCc2ccccc2)CC[C@@H]1Sc1ccccc1. The molecule has 3 atom stereocenters. The van der Waals surface area contributed by atoms with Gasteiger partial charge in [-0.15, -0.1) is 11.8 Å². The van der Waals surface area contributed by atoms with E-state index in [1.54, 1.807) is 0 Å². The molecule has 1 saturated carbocycles. The molecule has 0 saturated heterocycles. The van der Waals surface area contributed by atoms with Crippen LogP contribution >= 0.6 is 11.8 Å². The topological polar surface area (TPSA) is 47.6 Å². The van der Waals surface area contributed by atoms with Crippen LogP contribution in [0.2, 0.25) is 0 Å². The highest BCUT2D eigenvalue weighted by Gasteiger charge is 2.33. The summed E-state index contributed by atoms with van der Waals surface area (Å²) < 4.78 is 11.2. The van der Waals surface area contributed by atoms with Crippen LogP contribution in [0.25, 0.3) is 0 Å². The standard InChI is InChI=1S/C22H27NO3S/c1-2-25-22(24)23-20-15-18(26-16-17-9-5-3-6-10-17)13-14-21(20)27-19-11-7-4-8-12-19/h3-12,18,20-21H,2,13-16H2,1H3,(H,23,24)/t18-,20-,21-/m0/s1. The van der Waals surface area contributed by atoms with Gasteiger partial charge in [-0.1, -0.05) is 48.5 Å². The maximum absolute atomic E-state index is 12.0. The fraction of sp³-hybridized carbons (Fsp3) is 0.409. The Balaban J connectivity index is 1.60. The van der Waals surface area contributed by atoms with Crippen molar-refractivity contribution < 1.29 is 14.3 Å².